The SMILES string of the molecule is O=C(CCCI)OCc1cccc(-c2cccc(COC(=O)CCCI)c2)c1. The molecule has 0 saturated carbocycles. The Bertz CT molecular complexity index is 711. The standard InChI is InChI=1S/C22H24I2O4/c23-11-3-9-21(25)27-15-17-5-1-7-19(13-17)20-8-2-6-18(14-20)16-28-22(26)10-4-12-24/h1-2,5-8,13-14H,3-4,9-12,15-16H2. The van der Waals surface area contributed by atoms with Crippen molar-refractivity contribution in [1.29, 1.82) is 0 Å². The van der Waals surface area contributed by atoms with E-state index in [0.717, 1.165) is 44.0 Å². The topological polar surface area (TPSA) is 52.6 Å². The van der Waals surface area contributed by atoms with Crippen LogP contribution in [0.15, 0.2) is 48.5 Å². The zero-order valence-electron chi connectivity index (χ0n) is 15.7. The third kappa shape index (κ3) is 8.46. The molecule has 0 amide bonds. The van der Waals surface area contributed by atoms with Gasteiger partial charge in [0.05, 0.1) is 0 Å². The molecule has 0 aliphatic heterocycles. The van der Waals surface area contributed by atoms with Crippen LogP contribution < -0.4 is 0 Å². The van der Waals surface area contributed by atoms with Crippen LogP contribution in [-0.2, 0) is 32.3 Å². The van der Waals surface area contributed by atoms with Crippen LogP contribution >= 0.6 is 45.2 Å². The molecule has 0 aliphatic rings. The quantitative estimate of drug-likeness (QED) is 0.183. The maximum atomic E-state index is 11.7. The zero-order valence-corrected chi connectivity index (χ0v) is 20.0. The molecule has 2 rings (SSSR count). The van der Waals surface area contributed by atoms with E-state index in [1.807, 2.05) is 48.5 Å². The monoisotopic (exact) mass is 606 g/mol. The molecule has 0 spiro atoms. The summed E-state index contributed by atoms with van der Waals surface area (Å²) in [7, 11) is 0. The first-order valence-electron chi connectivity index (χ1n) is 9.24. The molecule has 0 atom stereocenters. The van der Waals surface area contributed by atoms with Crippen LogP contribution in [0.4, 0.5) is 0 Å². The first-order chi connectivity index (χ1) is 13.6. The molecule has 6 heteroatoms. The highest BCUT2D eigenvalue weighted by molar-refractivity contribution is 14.1. The number of hydrogen-bond acceptors (Lipinski definition) is 4. The van der Waals surface area contributed by atoms with Gasteiger partial charge in [-0.3, -0.25) is 9.59 Å². The molecule has 0 heterocycles. The lowest BCUT2D eigenvalue weighted by Crippen LogP contribution is -2.05. The van der Waals surface area contributed by atoms with Crippen LogP contribution in [0, 0.1) is 0 Å². The molecule has 0 N–H and O–H groups in total. The number of hydrogen-bond donors (Lipinski definition) is 0. The summed E-state index contributed by atoms with van der Waals surface area (Å²) in [6, 6.07) is 15.9. The molecule has 0 fully saturated rings. The second-order valence-electron chi connectivity index (χ2n) is 6.31. The average molecular weight is 606 g/mol. The summed E-state index contributed by atoms with van der Waals surface area (Å²) in [5, 5.41) is 0. The molecular weight excluding hydrogens is 582 g/mol. The largest absolute Gasteiger partial charge is 0.461 e. The predicted octanol–water partition coefficient (Wildman–Crippen LogP) is 5.87. The molecule has 0 aliphatic carbocycles. The Kier molecular flexibility index (Phi) is 10.8. The van der Waals surface area contributed by atoms with Crippen molar-refractivity contribution in [2.24, 2.45) is 0 Å². The Morgan fingerprint density at radius 3 is 1.54 bits per heavy atom. The molecule has 0 radical (unpaired) electrons. The first kappa shape index (κ1) is 23.1. The molecule has 4 nitrogen and oxygen atoms in total. The van der Waals surface area contributed by atoms with Gasteiger partial charge in [-0.25, -0.2) is 0 Å². The number of rotatable bonds is 11. The van der Waals surface area contributed by atoms with E-state index in [1.54, 1.807) is 0 Å². The summed E-state index contributed by atoms with van der Waals surface area (Å²) in [5.74, 6) is -0.318. The number of ether oxygens (including phenoxy) is 2. The fraction of sp³-hybridized carbons (Fsp3) is 0.364. The van der Waals surface area contributed by atoms with Crippen molar-refractivity contribution in [3.63, 3.8) is 0 Å². The van der Waals surface area contributed by atoms with E-state index in [1.165, 1.54) is 0 Å². The summed E-state index contributed by atoms with van der Waals surface area (Å²) in [5.41, 5.74) is 3.99. The smallest absolute Gasteiger partial charge is 0.306 e. The number of alkyl halides is 2. The Balaban J connectivity index is 1.97. The molecule has 150 valence electrons. The molecule has 28 heavy (non-hydrogen) atoms. The summed E-state index contributed by atoms with van der Waals surface area (Å²) in [6.07, 6.45) is 2.60. The lowest BCUT2D eigenvalue weighted by Gasteiger charge is -2.09. The van der Waals surface area contributed by atoms with Gasteiger partial charge in [0.15, 0.2) is 0 Å². The minimum absolute atomic E-state index is 0.159. The Hall–Kier alpha value is -1.16. The van der Waals surface area contributed by atoms with Crippen molar-refractivity contribution in [3.05, 3.63) is 59.7 Å². The lowest BCUT2D eigenvalue weighted by atomic mass is 10.0. The molecule has 0 saturated heterocycles. The number of carbonyl (C=O) groups is 2. The van der Waals surface area contributed by atoms with E-state index >= 15 is 0 Å². The zero-order chi connectivity index (χ0) is 20.2. The highest BCUT2D eigenvalue weighted by Crippen LogP contribution is 2.22. The van der Waals surface area contributed by atoms with Gasteiger partial charge >= 0.3 is 11.9 Å². The molecule has 0 unspecified atom stereocenters. The van der Waals surface area contributed by atoms with Gasteiger partial charge in [-0.15, -0.1) is 0 Å². The van der Waals surface area contributed by atoms with E-state index in [0.29, 0.717) is 12.8 Å². The van der Waals surface area contributed by atoms with E-state index in [4.69, 9.17) is 9.47 Å². The fourth-order valence-corrected chi connectivity index (χ4v) is 3.34. The van der Waals surface area contributed by atoms with Gasteiger partial charge in [0.1, 0.15) is 13.2 Å². The van der Waals surface area contributed by atoms with Gasteiger partial charge in [0, 0.05) is 21.7 Å². The Morgan fingerprint density at radius 1 is 0.714 bits per heavy atom. The van der Waals surface area contributed by atoms with Gasteiger partial charge < -0.3 is 9.47 Å². The maximum absolute atomic E-state index is 11.7. The highest BCUT2D eigenvalue weighted by atomic mass is 127. The minimum Gasteiger partial charge on any atom is -0.461 e. The van der Waals surface area contributed by atoms with Crippen LogP contribution in [0.25, 0.3) is 11.1 Å². The highest BCUT2D eigenvalue weighted by Gasteiger charge is 2.06. The normalized spacial score (nSPS) is 10.5. The van der Waals surface area contributed by atoms with Crippen LogP contribution in [0.3, 0.4) is 0 Å². The van der Waals surface area contributed by atoms with Gasteiger partial charge in [-0.1, -0.05) is 81.6 Å². The van der Waals surface area contributed by atoms with Crippen molar-refractivity contribution in [2.75, 3.05) is 8.86 Å². The third-order valence-corrected chi connectivity index (χ3v) is 5.54. The van der Waals surface area contributed by atoms with Crippen molar-refractivity contribution in [3.8, 4) is 11.1 Å². The van der Waals surface area contributed by atoms with Crippen LogP contribution in [0.1, 0.15) is 36.8 Å². The van der Waals surface area contributed by atoms with Crippen molar-refractivity contribution < 1.29 is 19.1 Å². The Labute approximate surface area is 193 Å². The van der Waals surface area contributed by atoms with Gasteiger partial charge in [-0.05, 0) is 47.2 Å². The lowest BCUT2D eigenvalue weighted by molar-refractivity contribution is -0.145. The fourth-order valence-electron chi connectivity index (χ4n) is 2.58. The van der Waals surface area contributed by atoms with Gasteiger partial charge in [-0.2, -0.15) is 0 Å². The van der Waals surface area contributed by atoms with Crippen molar-refractivity contribution >= 4 is 57.1 Å². The third-order valence-electron chi connectivity index (χ3n) is 4.02. The molecule has 0 bridgehead atoms. The van der Waals surface area contributed by atoms with Crippen molar-refractivity contribution in [1.82, 2.24) is 0 Å². The van der Waals surface area contributed by atoms with E-state index < -0.39 is 0 Å². The summed E-state index contributed by atoms with van der Waals surface area (Å²) < 4.78 is 12.6. The first-order valence-corrected chi connectivity index (χ1v) is 12.3. The molecule has 2 aromatic rings. The number of carbonyl (C=O) groups excluding carboxylic acids is 2. The predicted molar refractivity (Wildman–Crippen MR) is 128 cm³/mol. The van der Waals surface area contributed by atoms with Crippen molar-refractivity contribution in [2.45, 2.75) is 38.9 Å². The van der Waals surface area contributed by atoms with Crippen LogP contribution in [-0.4, -0.2) is 20.8 Å². The van der Waals surface area contributed by atoms with E-state index in [9.17, 15) is 9.59 Å². The molecule has 2 aromatic carbocycles. The average Bonchev–Trinajstić information content (AvgIpc) is 2.73. The van der Waals surface area contributed by atoms with E-state index in [2.05, 4.69) is 45.2 Å². The van der Waals surface area contributed by atoms with Crippen LogP contribution in [0.2, 0.25) is 0 Å². The number of benzene rings is 2. The summed E-state index contributed by atoms with van der Waals surface area (Å²) in [4.78, 5) is 23.4. The van der Waals surface area contributed by atoms with Gasteiger partial charge in [0.2, 0.25) is 0 Å². The maximum Gasteiger partial charge on any atom is 0.306 e. The number of esters is 2. The Morgan fingerprint density at radius 2 is 1.14 bits per heavy atom. The minimum atomic E-state index is -0.159. The molecular formula is C22H24I2O4. The van der Waals surface area contributed by atoms with Gasteiger partial charge in [0.25, 0.3) is 0 Å². The molecule has 0 aromatic heterocycles. The summed E-state index contributed by atoms with van der Waals surface area (Å²) in [6.45, 7) is 0.560. The second-order valence-corrected chi connectivity index (χ2v) is 8.46. The van der Waals surface area contributed by atoms with Crippen LogP contribution in [0.5, 0.6) is 0 Å². The number of halogens is 2. The van der Waals surface area contributed by atoms with E-state index in [-0.39, 0.29) is 25.2 Å². The summed E-state index contributed by atoms with van der Waals surface area (Å²) >= 11 is 4.51. The second kappa shape index (κ2) is 13.1.